The fraction of sp³-hybridized carbons (Fsp3) is 0.625. The van der Waals surface area contributed by atoms with Gasteiger partial charge < -0.3 is 9.64 Å². The fourth-order valence-corrected chi connectivity index (χ4v) is 3.14. The number of nitrogens with one attached hydrogen (secondary N) is 1. The van der Waals surface area contributed by atoms with E-state index >= 15 is 0 Å². The molecule has 0 aromatic heterocycles. The molecule has 1 saturated heterocycles. The summed E-state index contributed by atoms with van der Waals surface area (Å²) in [5.74, 6) is 2.73. The zero-order valence-electron chi connectivity index (χ0n) is 11.9. The van der Waals surface area contributed by atoms with Crippen LogP contribution in [0.3, 0.4) is 0 Å². The Hall–Kier alpha value is -1.02. The number of piperidine rings is 1. The lowest BCUT2D eigenvalue weighted by Crippen LogP contribution is -3.14. The van der Waals surface area contributed by atoms with Crippen molar-refractivity contribution in [3.05, 3.63) is 29.8 Å². The van der Waals surface area contributed by atoms with Gasteiger partial charge in [-0.15, -0.1) is 0 Å². The Morgan fingerprint density at radius 3 is 2.61 bits per heavy atom. The summed E-state index contributed by atoms with van der Waals surface area (Å²) >= 11 is 0. The molecule has 1 heterocycles. The van der Waals surface area contributed by atoms with Crippen molar-refractivity contribution in [1.82, 2.24) is 0 Å². The van der Waals surface area contributed by atoms with Gasteiger partial charge in [-0.3, -0.25) is 0 Å². The molecule has 0 unspecified atom stereocenters. The maximum Gasteiger partial charge on any atom is 0.137 e. The molecule has 0 amide bonds. The van der Waals surface area contributed by atoms with Crippen LogP contribution in [0.5, 0.6) is 5.75 Å². The molecular formula is C16H26NO+. The second-order valence-corrected chi connectivity index (χ2v) is 6.02. The summed E-state index contributed by atoms with van der Waals surface area (Å²) in [7, 11) is 0. The number of ether oxygens (including phenoxy) is 1. The molecule has 1 aromatic rings. The zero-order valence-corrected chi connectivity index (χ0v) is 11.9. The molecule has 0 saturated carbocycles. The van der Waals surface area contributed by atoms with Crippen molar-refractivity contribution in [2.24, 2.45) is 11.8 Å². The molecule has 1 aliphatic rings. The Labute approximate surface area is 111 Å². The number of aryl methyl sites for hydroxylation is 1. The van der Waals surface area contributed by atoms with Crippen LogP contribution < -0.4 is 9.64 Å². The Balaban J connectivity index is 1.75. The van der Waals surface area contributed by atoms with Crippen LogP contribution in [-0.2, 0) is 0 Å². The van der Waals surface area contributed by atoms with Gasteiger partial charge >= 0.3 is 0 Å². The number of hydrogen-bond acceptors (Lipinski definition) is 1. The van der Waals surface area contributed by atoms with Crippen molar-refractivity contribution in [1.29, 1.82) is 0 Å². The first-order valence-corrected chi connectivity index (χ1v) is 7.16. The predicted molar refractivity (Wildman–Crippen MR) is 75.2 cm³/mol. The topological polar surface area (TPSA) is 13.7 Å². The smallest absolute Gasteiger partial charge is 0.137 e. The first-order chi connectivity index (χ1) is 8.63. The molecular weight excluding hydrogens is 222 g/mol. The van der Waals surface area contributed by atoms with Gasteiger partial charge in [0, 0.05) is 11.8 Å². The van der Waals surface area contributed by atoms with E-state index in [0.29, 0.717) is 0 Å². The zero-order chi connectivity index (χ0) is 13.0. The summed E-state index contributed by atoms with van der Waals surface area (Å²) in [6.45, 7) is 11.4. The third-order valence-corrected chi connectivity index (χ3v) is 3.79. The lowest BCUT2D eigenvalue weighted by atomic mass is 9.92. The summed E-state index contributed by atoms with van der Waals surface area (Å²) in [6, 6.07) is 8.31. The molecule has 2 nitrogen and oxygen atoms in total. The summed E-state index contributed by atoms with van der Waals surface area (Å²) in [6.07, 6.45) is 1.39. The fourth-order valence-electron chi connectivity index (χ4n) is 3.14. The third kappa shape index (κ3) is 4.02. The first-order valence-electron chi connectivity index (χ1n) is 7.16. The van der Waals surface area contributed by atoms with E-state index < -0.39 is 0 Å². The minimum absolute atomic E-state index is 0.832. The van der Waals surface area contributed by atoms with Gasteiger partial charge in [-0.25, -0.2) is 0 Å². The molecule has 100 valence electrons. The molecule has 0 radical (unpaired) electrons. The van der Waals surface area contributed by atoms with Crippen LogP contribution in [0, 0.1) is 18.8 Å². The predicted octanol–water partition coefficient (Wildman–Crippen LogP) is 1.93. The summed E-state index contributed by atoms with van der Waals surface area (Å²) in [5, 5.41) is 0. The quantitative estimate of drug-likeness (QED) is 0.859. The van der Waals surface area contributed by atoms with Gasteiger partial charge in [0.25, 0.3) is 0 Å². The second kappa shape index (κ2) is 6.24. The number of quaternary nitrogens is 1. The standard InChI is InChI=1S/C16H25NO/c1-13-5-4-6-16(10-13)18-8-7-17-11-14(2)9-15(3)12-17/h4-6,10,14-15H,7-9,11-12H2,1-3H3/p+1/t14-,15-/m1/s1. The van der Waals surface area contributed by atoms with Crippen LogP contribution in [-0.4, -0.2) is 26.2 Å². The largest absolute Gasteiger partial charge is 0.488 e. The van der Waals surface area contributed by atoms with Gasteiger partial charge in [0.2, 0.25) is 0 Å². The van der Waals surface area contributed by atoms with Crippen LogP contribution in [0.4, 0.5) is 0 Å². The highest BCUT2D eigenvalue weighted by Gasteiger charge is 2.24. The van der Waals surface area contributed by atoms with Crippen molar-refractivity contribution in [3.63, 3.8) is 0 Å². The van der Waals surface area contributed by atoms with E-state index in [9.17, 15) is 0 Å². The van der Waals surface area contributed by atoms with Gasteiger partial charge in [-0.05, 0) is 31.0 Å². The summed E-state index contributed by atoms with van der Waals surface area (Å²) in [4.78, 5) is 1.70. The maximum absolute atomic E-state index is 5.84. The van der Waals surface area contributed by atoms with Crippen LogP contribution in [0.15, 0.2) is 24.3 Å². The van der Waals surface area contributed by atoms with E-state index in [2.05, 4.69) is 39.0 Å². The highest BCUT2D eigenvalue weighted by atomic mass is 16.5. The maximum atomic E-state index is 5.84. The molecule has 0 spiro atoms. The number of likely N-dealkylation sites (tertiary alicyclic amines) is 1. The van der Waals surface area contributed by atoms with Gasteiger partial charge in [-0.2, -0.15) is 0 Å². The minimum Gasteiger partial charge on any atom is -0.488 e. The SMILES string of the molecule is Cc1cccc(OCC[NH+]2C[C@H](C)C[C@@H](C)C2)c1. The van der Waals surface area contributed by atoms with Gasteiger partial charge in [0.1, 0.15) is 18.9 Å². The Morgan fingerprint density at radius 1 is 1.22 bits per heavy atom. The molecule has 2 heteroatoms. The van der Waals surface area contributed by atoms with E-state index in [1.54, 1.807) is 4.90 Å². The van der Waals surface area contributed by atoms with Gasteiger partial charge in [0.15, 0.2) is 0 Å². The highest BCUT2D eigenvalue weighted by Crippen LogP contribution is 2.13. The Bertz CT molecular complexity index is 367. The highest BCUT2D eigenvalue weighted by molar-refractivity contribution is 5.27. The molecule has 1 N–H and O–H groups in total. The Morgan fingerprint density at radius 2 is 1.94 bits per heavy atom. The lowest BCUT2D eigenvalue weighted by molar-refractivity contribution is -0.912. The van der Waals surface area contributed by atoms with Crippen molar-refractivity contribution < 1.29 is 9.64 Å². The van der Waals surface area contributed by atoms with Crippen molar-refractivity contribution >= 4 is 0 Å². The molecule has 1 fully saturated rings. The molecule has 18 heavy (non-hydrogen) atoms. The van der Waals surface area contributed by atoms with E-state index in [1.807, 2.05) is 6.07 Å². The van der Waals surface area contributed by atoms with Gasteiger partial charge in [0.05, 0.1) is 13.1 Å². The van der Waals surface area contributed by atoms with Gasteiger partial charge in [-0.1, -0.05) is 26.0 Å². The molecule has 1 aliphatic heterocycles. The van der Waals surface area contributed by atoms with Crippen LogP contribution in [0.1, 0.15) is 25.8 Å². The third-order valence-electron chi connectivity index (χ3n) is 3.79. The van der Waals surface area contributed by atoms with Crippen LogP contribution in [0.2, 0.25) is 0 Å². The first kappa shape index (κ1) is 13.4. The molecule has 0 bridgehead atoms. The molecule has 2 rings (SSSR count). The summed E-state index contributed by atoms with van der Waals surface area (Å²) in [5.41, 5.74) is 1.26. The molecule has 0 aliphatic carbocycles. The number of rotatable bonds is 4. The van der Waals surface area contributed by atoms with Crippen molar-refractivity contribution in [3.8, 4) is 5.75 Å². The Kier molecular flexibility index (Phi) is 4.65. The van der Waals surface area contributed by atoms with Crippen molar-refractivity contribution in [2.75, 3.05) is 26.2 Å². The normalized spacial score (nSPS) is 28.1. The monoisotopic (exact) mass is 248 g/mol. The molecule has 2 atom stereocenters. The van der Waals surface area contributed by atoms with E-state index in [4.69, 9.17) is 4.74 Å². The second-order valence-electron chi connectivity index (χ2n) is 6.02. The average molecular weight is 248 g/mol. The molecule has 1 aromatic carbocycles. The average Bonchev–Trinajstić information content (AvgIpc) is 2.27. The number of hydrogen-bond donors (Lipinski definition) is 1. The minimum atomic E-state index is 0.832. The van der Waals surface area contributed by atoms with E-state index in [0.717, 1.165) is 30.7 Å². The van der Waals surface area contributed by atoms with Crippen LogP contribution >= 0.6 is 0 Å². The van der Waals surface area contributed by atoms with Crippen LogP contribution in [0.25, 0.3) is 0 Å². The van der Waals surface area contributed by atoms with E-state index in [1.165, 1.54) is 25.1 Å². The summed E-state index contributed by atoms with van der Waals surface area (Å²) < 4.78 is 5.84. The van der Waals surface area contributed by atoms with E-state index in [-0.39, 0.29) is 0 Å². The van der Waals surface area contributed by atoms with Crippen molar-refractivity contribution in [2.45, 2.75) is 27.2 Å². The number of benzene rings is 1. The lowest BCUT2D eigenvalue weighted by Gasteiger charge is -2.31.